The number of benzene rings is 1. The summed E-state index contributed by atoms with van der Waals surface area (Å²) < 4.78 is 0. The van der Waals surface area contributed by atoms with E-state index in [2.05, 4.69) is 11.9 Å². The van der Waals surface area contributed by atoms with Gasteiger partial charge >= 0.3 is 0 Å². The second kappa shape index (κ2) is 6.14. The molecule has 106 valence electrons. The van der Waals surface area contributed by atoms with Crippen LogP contribution >= 0.6 is 34.5 Å². The molecular weight excluding hydrogens is 323 g/mol. The Hall–Kier alpha value is -1.42. The minimum Gasteiger partial charge on any atom is -0.264 e. The molecule has 2 aromatic heterocycles. The number of hydrogen-bond donors (Lipinski definition) is 0. The van der Waals surface area contributed by atoms with Crippen LogP contribution in [0.25, 0.3) is 21.8 Å². The number of pyridine rings is 1. The SMILES string of the molecule is CCc1ccncc1-c1nc(-c2ccc(Cl)c(Cl)c2)cs1. The molecule has 3 aromatic rings. The highest BCUT2D eigenvalue weighted by Gasteiger charge is 2.11. The molecular formula is C16H12Cl2N2S. The quantitative estimate of drug-likeness (QED) is 0.610. The van der Waals surface area contributed by atoms with E-state index in [4.69, 9.17) is 28.2 Å². The summed E-state index contributed by atoms with van der Waals surface area (Å²) in [4.78, 5) is 8.91. The molecule has 3 rings (SSSR count). The van der Waals surface area contributed by atoms with Crippen LogP contribution in [0.3, 0.4) is 0 Å². The van der Waals surface area contributed by atoms with Gasteiger partial charge in [-0.1, -0.05) is 36.2 Å². The maximum atomic E-state index is 6.07. The Labute approximate surface area is 137 Å². The smallest absolute Gasteiger partial charge is 0.125 e. The predicted molar refractivity (Wildman–Crippen MR) is 90.2 cm³/mol. The van der Waals surface area contributed by atoms with Gasteiger partial charge in [0.1, 0.15) is 5.01 Å². The first kappa shape index (κ1) is 14.5. The van der Waals surface area contributed by atoms with Crippen molar-refractivity contribution in [3.63, 3.8) is 0 Å². The zero-order valence-corrected chi connectivity index (χ0v) is 13.6. The Morgan fingerprint density at radius 1 is 1.14 bits per heavy atom. The van der Waals surface area contributed by atoms with Gasteiger partial charge < -0.3 is 0 Å². The number of hydrogen-bond acceptors (Lipinski definition) is 3. The highest BCUT2D eigenvalue weighted by Crippen LogP contribution is 2.33. The summed E-state index contributed by atoms with van der Waals surface area (Å²) in [5, 5.41) is 4.10. The average molecular weight is 335 g/mol. The molecule has 1 aromatic carbocycles. The summed E-state index contributed by atoms with van der Waals surface area (Å²) in [6, 6.07) is 7.60. The second-order valence-electron chi connectivity index (χ2n) is 4.55. The maximum Gasteiger partial charge on any atom is 0.125 e. The molecule has 0 unspecified atom stereocenters. The summed E-state index contributed by atoms with van der Waals surface area (Å²) in [5.41, 5.74) is 4.21. The fraction of sp³-hybridized carbons (Fsp3) is 0.125. The van der Waals surface area contributed by atoms with Gasteiger partial charge in [-0.05, 0) is 30.2 Å². The molecule has 0 N–H and O–H groups in total. The molecule has 0 saturated carbocycles. The summed E-state index contributed by atoms with van der Waals surface area (Å²) in [6.45, 7) is 2.13. The Morgan fingerprint density at radius 2 is 2.00 bits per heavy atom. The molecule has 0 aliphatic carbocycles. The van der Waals surface area contributed by atoms with Gasteiger partial charge in [0.2, 0.25) is 0 Å². The van der Waals surface area contributed by atoms with Gasteiger partial charge in [0.25, 0.3) is 0 Å². The van der Waals surface area contributed by atoms with Gasteiger partial charge in [-0.2, -0.15) is 0 Å². The van der Waals surface area contributed by atoms with Crippen LogP contribution in [0.15, 0.2) is 42.0 Å². The Kier molecular flexibility index (Phi) is 4.24. The zero-order valence-electron chi connectivity index (χ0n) is 11.3. The molecule has 5 heteroatoms. The molecule has 0 fully saturated rings. The topological polar surface area (TPSA) is 25.8 Å². The largest absolute Gasteiger partial charge is 0.264 e. The van der Waals surface area contributed by atoms with Gasteiger partial charge in [0.05, 0.1) is 15.7 Å². The number of nitrogens with zero attached hydrogens (tertiary/aromatic N) is 2. The maximum absolute atomic E-state index is 6.07. The van der Waals surface area contributed by atoms with E-state index in [0.717, 1.165) is 28.2 Å². The molecule has 0 spiro atoms. The van der Waals surface area contributed by atoms with Crippen LogP contribution in [-0.2, 0) is 6.42 Å². The van der Waals surface area contributed by atoms with Crippen LogP contribution in [0, 0.1) is 0 Å². The lowest BCUT2D eigenvalue weighted by Gasteiger charge is -2.03. The van der Waals surface area contributed by atoms with Gasteiger partial charge in [0, 0.05) is 28.9 Å². The van der Waals surface area contributed by atoms with Crippen molar-refractivity contribution in [1.29, 1.82) is 0 Å². The molecule has 0 amide bonds. The average Bonchev–Trinajstić information content (AvgIpc) is 2.99. The Balaban J connectivity index is 2.01. The van der Waals surface area contributed by atoms with Crippen LogP contribution < -0.4 is 0 Å². The van der Waals surface area contributed by atoms with Crippen molar-refractivity contribution in [2.24, 2.45) is 0 Å². The van der Waals surface area contributed by atoms with Gasteiger partial charge in [-0.15, -0.1) is 11.3 Å². The number of rotatable bonds is 3. The molecule has 21 heavy (non-hydrogen) atoms. The normalized spacial score (nSPS) is 10.8. The minimum absolute atomic E-state index is 0.541. The van der Waals surface area contributed by atoms with Crippen molar-refractivity contribution in [3.05, 3.63) is 57.6 Å². The molecule has 2 heterocycles. The van der Waals surface area contributed by atoms with Crippen LogP contribution in [0.5, 0.6) is 0 Å². The number of aryl methyl sites for hydroxylation is 1. The van der Waals surface area contributed by atoms with Gasteiger partial charge in [-0.3, -0.25) is 4.98 Å². The van der Waals surface area contributed by atoms with E-state index >= 15 is 0 Å². The predicted octanol–water partition coefficient (Wildman–Crippen LogP) is 5.74. The molecule has 0 aliphatic rings. The first-order valence-electron chi connectivity index (χ1n) is 6.53. The van der Waals surface area contributed by atoms with Gasteiger partial charge in [0.15, 0.2) is 0 Å². The third-order valence-electron chi connectivity index (χ3n) is 3.24. The lowest BCUT2D eigenvalue weighted by atomic mass is 10.1. The summed E-state index contributed by atoms with van der Waals surface area (Å²) in [5.74, 6) is 0. The lowest BCUT2D eigenvalue weighted by Crippen LogP contribution is -1.88. The van der Waals surface area contributed by atoms with Crippen molar-refractivity contribution in [2.75, 3.05) is 0 Å². The lowest BCUT2D eigenvalue weighted by molar-refractivity contribution is 1.12. The molecule has 0 radical (unpaired) electrons. The Bertz CT molecular complexity index is 783. The van der Waals surface area contributed by atoms with Crippen molar-refractivity contribution >= 4 is 34.5 Å². The monoisotopic (exact) mass is 334 g/mol. The van der Waals surface area contributed by atoms with Gasteiger partial charge in [-0.25, -0.2) is 4.98 Å². The summed E-state index contributed by atoms with van der Waals surface area (Å²) in [6.07, 6.45) is 4.64. The van der Waals surface area contributed by atoms with E-state index in [0.29, 0.717) is 10.0 Å². The number of halogens is 2. The molecule has 0 atom stereocenters. The fourth-order valence-electron chi connectivity index (χ4n) is 2.11. The van der Waals surface area contributed by atoms with Crippen LogP contribution in [0.4, 0.5) is 0 Å². The fourth-order valence-corrected chi connectivity index (χ4v) is 3.28. The van der Waals surface area contributed by atoms with Crippen LogP contribution in [0.1, 0.15) is 12.5 Å². The first-order valence-corrected chi connectivity index (χ1v) is 8.17. The zero-order chi connectivity index (χ0) is 14.8. The standard InChI is InChI=1S/C16H12Cl2N2S/c1-2-10-5-6-19-8-12(10)16-20-15(9-21-16)11-3-4-13(17)14(18)7-11/h3-9H,2H2,1H3. The second-order valence-corrected chi connectivity index (χ2v) is 6.23. The van der Waals surface area contributed by atoms with Crippen LogP contribution in [-0.4, -0.2) is 9.97 Å². The molecule has 0 saturated heterocycles. The third kappa shape index (κ3) is 2.95. The van der Waals surface area contributed by atoms with E-state index < -0.39 is 0 Å². The molecule has 0 aliphatic heterocycles. The third-order valence-corrected chi connectivity index (χ3v) is 4.86. The van der Waals surface area contributed by atoms with E-state index in [1.54, 1.807) is 17.4 Å². The van der Waals surface area contributed by atoms with Crippen molar-refractivity contribution < 1.29 is 0 Å². The summed E-state index contributed by atoms with van der Waals surface area (Å²) in [7, 11) is 0. The highest BCUT2D eigenvalue weighted by atomic mass is 35.5. The van der Waals surface area contributed by atoms with E-state index in [1.807, 2.05) is 36.0 Å². The summed E-state index contributed by atoms with van der Waals surface area (Å²) >= 11 is 13.6. The highest BCUT2D eigenvalue weighted by molar-refractivity contribution is 7.13. The molecule has 0 bridgehead atoms. The van der Waals surface area contributed by atoms with Crippen molar-refractivity contribution in [3.8, 4) is 21.8 Å². The van der Waals surface area contributed by atoms with Crippen LogP contribution in [0.2, 0.25) is 10.0 Å². The molecule has 2 nitrogen and oxygen atoms in total. The number of aromatic nitrogens is 2. The van der Waals surface area contributed by atoms with E-state index in [1.165, 1.54) is 5.56 Å². The van der Waals surface area contributed by atoms with Crippen molar-refractivity contribution in [1.82, 2.24) is 9.97 Å². The van der Waals surface area contributed by atoms with E-state index in [-0.39, 0.29) is 0 Å². The van der Waals surface area contributed by atoms with E-state index in [9.17, 15) is 0 Å². The van der Waals surface area contributed by atoms with Crippen molar-refractivity contribution in [2.45, 2.75) is 13.3 Å². The minimum atomic E-state index is 0.541. The number of thiazole rings is 1. The first-order chi connectivity index (χ1) is 10.2. The Morgan fingerprint density at radius 3 is 2.76 bits per heavy atom.